The zero-order valence-electron chi connectivity index (χ0n) is 9.23. The molecule has 0 amide bonds. The second-order valence-electron chi connectivity index (χ2n) is 3.14. The van der Waals surface area contributed by atoms with Gasteiger partial charge in [-0.15, -0.1) is 0 Å². The van der Waals surface area contributed by atoms with Crippen molar-refractivity contribution in [2.75, 3.05) is 0 Å². The van der Waals surface area contributed by atoms with Crippen molar-refractivity contribution in [1.82, 2.24) is 14.6 Å². The first-order valence-corrected chi connectivity index (χ1v) is 5.07. The lowest BCUT2D eigenvalue weighted by Crippen LogP contribution is -1.96. The van der Waals surface area contributed by atoms with Crippen molar-refractivity contribution in [2.45, 2.75) is 33.6 Å². The smallest absolute Gasteiger partial charge is 0.155 e. The van der Waals surface area contributed by atoms with E-state index in [1.54, 1.807) is 10.7 Å². The molecule has 0 aliphatic heterocycles. The lowest BCUT2D eigenvalue weighted by molar-refractivity contribution is 0.808. The van der Waals surface area contributed by atoms with E-state index < -0.39 is 0 Å². The lowest BCUT2D eigenvalue weighted by atomic mass is 10.1. The van der Waals surface area contributed by atoms with Gasteiger partial charge in [0.25, 0.3) is 0 Å². The predicted octanol–water partition coefficient (Wildman–Crippen LogP) is 2.88. The van der Waals surface area contributed by atoms with Crippen molar-refractivity contribution in [1.29, 1.82) is 0 Å². The highest BCUT2D eigenvalue weighted by molar-refractivity contribution is 5.36. The number of hydrogen-bond donors (Lipinski definition) is 0. The molecule has 0 atom stereocenters. The molecule has 2 heterocycles. The number of nitrogens with zero attached hydrogens (tertiary/aromatic N) is 3. The first-order chi connectivity index (χ1) is 6.77. The third-order valence-electron chi connectivity index (χ3n) is 1.87. The van der Waals surface area contributed by atoms with Gasteiger partial charge in [0.05, 0.1) is 6.20 Å². The van der Waals surface area contributed by atoms with E-state index >= 15 is 0 Å². The van der Waals surface area contributed by atoms with E-state index in [1.807, 2.05) is 32.2 Å². The molecule has 0 aromatic carbocycles. The van der Waals surface area contributed by atoms with Gasteiger partial charge in [-0.2, -0.15) is 5.10 Å². The molecule has 0 N–H and O–H groups in total. The minimum Gasteiger partial charge on any atom is -0.233 e. The van der Waals surface area contributed by atoms with Gasteiger partial charge in [0, 0.05) is 18.0 Å². The van der Waals surface area contributed by atoms with Crippen molar-refractivity contribution in [3.8, 4) is 0 Å². The van der Waals surface area contributed by atoms with Crippen LogP contribution in [-0.2, 0) is 0 Å². The molecule has 76 valence electrons. The minimum atomic E-state index is 0.477. The molecule has 3 heteroatoms. The van der Waals surface area contributed by atoms with Crippen molar-refractivity contribution in [2.24, 2.45) is 0 Å². The van der Waals surface area contributed by atoms with Crippen molar-refractivity contribution in [3.05, 3.63) is 30.2 Å². The molecule has 0 aliphatic carbocycles. The van der Waals surface area contributed by atoms with Crippen LogP contribution in [0.3, 0.4) is 0 Å². The van der Waals surface area contributed by atoms with Crippen LogP contribution in [-0.4, -0.2) is 14.6 Å². The van der Waals surface area contributed by atoms with Crippen LogP contribution in [0.5, 0.6) is 0 Å². The van der Waals surface area contributed by atoms with Gasteiger partial charge in [-0.05, 0) is 12.0 Å². The van der Waals surface area contributed by atoms with Crippen molar-refractivity contribution in [3.63, 3.8) is 0 Å². The normalized spacial score (nSPS) is 10.1. The monoisotopic (exact) mass is 191 g/mol. The molecule has 0 unspecified atom stereocenters. The summed E-state index contributed by atoms with van der Waals surface area (Å²) in [6, 6.07) is 3.91. The second-order valence-corrected chi connectivity index (χ2v) is 3.14. The van der Waals surface area contributed by atoms with Crippen LogP contribution < -0.4 is 0 Å². The van der Waals surface area contributed by atoms with Crippen LogP contribution in [0.25, 0.3) is 5.65 Å². The van der Waals surface area contributed by atoms with E-state index in [9.17, 15) is 0 Å². The Morgan fingerprint density at radius 1 is 1.21 bits per heavy atom. The third kappa shape index (κ3) is 2.10. The van der Waals surface area contributed by atoms with Gasteiger partial charge < -0.3 is 0 Å². The van der Waals surface area contributed by atoms with Gasteiger partial charge in [-0.3, -0.25) is 0 Å². The highest BCUT2D eigenvalue weighted by Crippen LogP contribution is 2.11. The van der Waals surface area contributed by atoms with Crippen molar-refractivity contribution >= 4 is 5.65 Å². The van der Waals surface area contributed by atoms with Gasteiger partial charge in [-0.1, -0.05) is 27.7 Å². The zero-order valence-corrected chi connectivity index (χ0v) is 9.23. The Kier molecular flexibility index (Phi) is 3.63. The number of aromatic nitrogens is 3. The standard InChI is InChI=1S/C9H11N3.C2H6/c1-7(2)8-4-6-12-9(11-8)3-5-10-12;1-2/h3-7H,1-2H3;1-2H3. The third-order valence-corrected chi connectivity index (χ3v) is 1.87. The number of rotatable bonds is 1. The molecule has 14 heavy (non-hydrogen) atoms. The quantitative estimate of drug-likeness (QED) is 0.693. The zero-order chi connectivity index (χ0) is 10.6. The van der Waals surface area contributed by atoms with Gasteiger partial charge in [0.2, 0.25) is 0 Å². The average Bonchev–Trinajstić information content (AvgIpc) is 2.67. The molecule has 0 saturated carbocycles. The van der Waals surface area contributed by atoms with Gasteiger partial charge >= 0.3 is 0 Å². The summed E-state index contributed by atoms with van der Waals surface area (Å²) >= 11 is 0. The van der Waals surface area contributed by atoms with Gasteiger partial charge in [0.1, 0.15) is 0 Å². The predicted molar refractivity (Wildman–Crippen MR) is 58.4 cm³/mol. The number of fused-ring (bicyclic) bond motifs is 1. The SMILES string of the molecule is CC.CC(C)c1ccn2nccc2n1. The Morgan fingerprint density at radius 2 is 1.93 bits per heavy atom. The van der Waals surface area contributed by atoms with Crippen LogP contribution in [0, 0.1) is 0 Å². The number of hydrogen-bond acceptors (Lipinski definition) is 2. The fraction of sp³-hybridized carbons (Fsp3) is 0.455. The lowest BCUT2D eigenvalue weighted by Gasteiger charge is -2.02. The van der Waals surface area contributed by atoms with Crippen LogP contribution >= 0.6 is 0 Å². The maximum Gasteiger partial charge on any atom is 0.155 e. The summed E-state index contributed by atoms with van der Waals surface area (Å²) in [5, 5.41) is 4.07. The minimum absolute atomic E-state index is 0.477. The Morgan fingerprint density at radius 3 is 2.57 bits per heavy atom. The van der Waals surface area contributed by atoms with E-state index in [1.165, 1.54) is 0 Å². The average molecular weight is 191 g/mol. The van der Waals surface area contributed by atoms with Crippen LogP contribution in [0.1, 0.15) is 39.3 Å². The van der Waals surface area contributed by atoms with Crippen LogP contribution in [0.15, 0.2) is 24.5 Å². The first kappa shape index (κ1) is 10.7. The summed E-state index contributed by atoms with van der Waals surface area (Å²) in [4.78, 5) is 4.44. The Bertz CT molecular complexity index is 390. The fourth-order valence-electron chi connectivity index (χ4n) is 1.15. The maximum atomic E-state index is 4.44. The molecule has 3 nitrogen and oxygen atoms in total. The first-order valence-electron chi connectivity index (χ1n) is 5.07. The summed E-state index contributed by atoms with van der Waals surface area (Å²) in [5.74, 6) is 0.477. The Balaban J connectivity index is 0.000000461. The van der Waals surface area contributed by atoms with Gasteiger partial charge in [0.15, 0.2) is 5.65 Å². The van der Waals surface area contributed by atoms with Crippen LogP contribution in [0.2, 0.25) is 0 Å². The molecule has 2 aromatic rings. The highest BCUT2D eigenvalue weighted by Gasteiger charge is 2.01. The molecule has 0 bridgehead atoms. The topological polar surface area (TPSA) is 30.2 Å². The Labute approximate surface area is 84.8 Å². The van der Waals surface area contributed by atoms with E-state index in [0.29, 0.717) is 5.92 Å². The molecule has 0 radical (unpaired) electrons. The molecule has 2 rings (SSSR count). The molecular weight excluding hydrogens is 174 g/mol. The molecule has 0 aliphatic rings. The summed E-state index contributed by atoms with van der Waals surface area (Å²) in [7, 11) is 0. The summed E-state index contributed by atoms with van der Waals surface area (Å²) in [6.07, 6.45) is 3.70. The molecule has 0 saturated heterocycles. The summed E-state index contributed by atoms with van der Waals surface area (Å²) in [5.41, 5.74) is 2.03. The summed E-state index contributed by atoms with van der Waals surface area (Å²) in [6.45, 7) is 8.27. The van der Waals surface area contributed by atoms with E-state index in [-0.39, 0.29) is 0 Å². The Hall–Kier alpha value is -1.38. The van der Waals surface area contributed by atoms with Gasteiger partial charge in [-0.25, -0.2) is 9.50 Å². The largest absolute Gasteiger partial charge is 0.233 e. The molecule has 2 aromatic heterocycles. The fourth-order valence-corrected chi connectivity index (χ4v) is 1.15. The molecular formula is C11H17N3. The van der Waals surface area contributed by atoms with E-state index in [2.05, 4.69) is 23.9 Å². The molecule has 0 fully saturated rings. The van der Waals surface area contributed by atoms with E-state index in [4.69, 9.17) is 0 Å². The molecule has 0 spiro atoms. The van der Waals surface area contributed by atoms with Crippen molar-refractivity contribution < 1.29 is 0 Å². The second kappa shape index (κ2) is 4.74. The van der Waals surface area contributed by atoms with E-state index in [0.717, 1.165) is 11.3 Å². The maximum absolute atomic E-state index is 4.44. The highest BCUT2D eigenvalue weighted by atomic mass is 15.2. The van der Waals surface area contributed by atoms with Crippen LogP contribution in [0.4, 0.5) is 0 Å². The summed E-state index contributed by atoms with van der Waals surface area (Å²) < 4.78 is 1.77.